The van der Waals surface area contributed by atoms with E-state index in [0.717, 1.165) is 41.7 Å². The lowest BCUT2D eigenvalue weighted by molar-refractivity contribution is -0.119. The number of hydrogen-bond acceptors (Lipinski definition) is 5. The molecule has 1 aliphatic carbocycles. The Morgan fingerprint density at radius 1 is 1.18 bits per heavy atom. The zero-order valence-corrected chi connectivity index (χ0v) is 17.3. The Labute approximate surface area is 172 Å². The maximum atomic E-state index is 12.7. The fourth-order valence-corrected chi connectivity index (χ4v) is 4.75. The fourth-order valence-electron chi connectivity index (χ4n) is 3.14. The number of benzene rings is 1. The van der Waals surface area contributed by atoms with E-state index in [0.29, 0.717) is 21.3 Å². The number of carbonyl (C=O) groups is 3. The predicted molar refractivity (Wildman–Crippen MR) is 110 cm³/mol. The number of aryl methyl sites for hydroxylation is 2. The molecule has 2 amide bonds. The van der Waals surface area contributed by atoms with E-state index in [-0.39, 0.29) is 5.91 Å². The number of hydrogen-bond donors (Lipinski definition) is 2. The van der Waals surface area contributed by atoms with Gasteiger partial charge < -0.3 is 15.4 Å². The fraction of sp³-hybridized carbons (Fsp3) is 0.350. The molecule has 0 bridgehead atoms. The number of carbonyl (C=O) groups excluding carboxylic acids is 3. The zero-order chi connectivity index (χ0) is 20.3. The molecule has 0 spiro atoms. The van der Waals surface area contributed by atoms with Crippen LogP contribution in [-0.2, 0) is 27.2 Å². The number of rotatable bonds is 5. The topological polar surface area (TPSA) is 84.5 Å². The minimum atomic E-state index is -0.603. The second-order valence-electron chi connectivity index (χ2n) is 6.70. The molecule has 1 heterocycles. The summed E-state index contributed by atoms with van der Waals surface area (Å²) < 4.78 is 5.23. The molecule has 1 aromatic carbocycles. The number of nitrogens with one attached hydrogen (secondary N) is 2. The molecular formula is C20H21ClN2O4S. The minimum absolute atomic E-state index is 0.251. The van der Waals surface area contributed by atoms with Crippen LogP contribution in [0.3, 0.4) is 0 Å². The Morgan fingerprint density at radius 2 is 1.93 bits per heavy atom. The molecule has 8 heteroatoms. The van der Waals surface area contributed by atoms with Crippen LogP contribution in [0.2, 0.25) is 5.02 Å². The highest BCUT2D eigenvalue weighted by molar-refractivity contribution is 7.17. The molecule has 0 unspecified atom stereocenters. The van der Waals surface area contributed by atoms with Crippen molar-refractivity contribution in [3.63, 3.8) is 0 Å². The normalized spacial score (nSPS) is 12.8. The van der Waals surface area contributed by atoms with Crippen LogP contribution in [-0.4, -0.2) is 24.4 Å². The van der Waals surface area contributed by atoms with E-state index in [2.05, 4.69) is 10.6 Å². The van der Waals surface area contributed by atoms with Gasteiger partial charge in [-0.1, -0.05) is 17.7 Å². The summed E-state index contributed by atoms with van der Waals surface area (Å²) in [6.07, 6.45) is 3.68. The van der Waals surface area contributed by atoms with Gasteiger partial charge in [-0.2, -0.15) is 0 Å². The number of anilines is 2. The second-order valence-corrected chi connectivity index (χ2v) is 8.22. The van der Waals surface area contributed by atoms with Gasteiger partial charge in [0.05, 0.1) is 16.3 Å². The van der Waals surface area contributed by atoms with Crippen LogP contribution < -0.4 is 10.6 Å². The Kier molecular flexibility index (Phi) is 6.36. The van der Waals surface area contributed by atoms with E-state index in [1.165, 1.54) is 18.3 Å². The van der Waals surface area contributed by atoms with Crippen molar-refractivity contribution in [2.24, 2.45) is 0 Å². The molecule has 0 radical (unpaired) electrons. The van der Waals surface area contributed by atoms with Gasteiger partial charge in [0.1, 0.15) is 5.00 Å². The van der Waals surface area contributed by atoms with Crippen LogP contribution in [0.1, 0.15) is 46.1 Å². The Bertz CT molecular complexity index is 939. The highest BCUT2D eigenvalue weighted by Crippen LogP contribution is 2.38. The third-order valence-electron chi connectivity index (χ3n) is 4.40. The summed E-state index contributed by atoms with van der Waals surface area (Å²) in [6.45, 7) is 2.85. The Morgan fingerprint density at radius 3 is 2.64 bits per heavy atom. The highest BCUT2D eigenvalue weighted by atomic mass is 35.5. The van der Waals surface area contributed by atoms with E-state index >= 15 is 0 Å². The molecular weight excluding hydrogens is 400 g/mol. The molecule has 6 nitrogen and oxygen atoms in total. The number of halogens is 1. The lowest BCUT2D eigenvalue weighted by Crippen LogP contribution is -2.22. The van der Waals surface area contributed by atoms with Gasteiger partial charge in [-0.05, 0) is 55.9 Å². The monoisotopic (exact) mass is 420 g/mol. The van der Waals surface area contributed by atoms with Gasteiger partial charge in [-0.25, -0.2) is 4.79 Å². The van der Waals surface area contributed by atoms with Crippen LogP contribution in [0.4, 0.5) is 10.7 Å². The van der Waals surface area contributed by atoms with Crippen molar-refractivity contribution in [3.8, 4) is 0 Å². The third-order valence-corrected chi connectivity index (χ3v) is 5.92. The molecule has 3 rings (SSSR count). The molecule has 28 heavy (non-hydrogen) atoms. The first kappa shape index (κ1) is 20.4. The van der Waals surface area contributed by atoms with Gasteiger partial charge in [-0.3, -0.25) is 9.59 Å². The quantitative estimate of drug-likeness (QED) is 0.704. The van der Waals surface area contributed by atoms with Crippen LogP contribution in [0.5, 0.6) is 0 Å². The van der Waals surface area contributed by atoms with E-state index in [4.69, 9.17) is 16.3 Å². The highest BCUT2D eigenvalue weighted by Gasteiger charge is 2.27. The number of fused-ring (bicyclic) bond motifs is 1. The lowest BCUT2D eigenvalue weighted by atomic mass is 9.95. The molecule has 148 valence electrons. The molecule has 1 aliphatic rings. The first-order chi connectivity index (χ1) is 13.3. The SMILES string of the molecule is CC(=O)Nc1sc2c(c1C(=O)OCC(=O)Nc1ccc(C)cc1Cl)CCCC2. The summed E-state index contributed by atoms with van der Waals surface area (Å²) >= 11 is 7.51. The van der Waals surface area contributed by atoms with Gasteiger partial charge in [-0.15, -0.1) is 11.3 Å². The molecule has 0 atom stereocenters. The smallest absolute Gasteiger partial charge is 0.341 e. The van der Waals surface area contributed by atoms with Crippen molar-refractivity contribution in [1.82, 2.24) is 0 Å². The van der Waals surface area contributed by atoms with E-state index in [9.17, 15) is 14.4 Å². The van der Waals surface area contributed by atoms with Gasteiger partial charge in [0.2, 0.25) is 5.91 Å². The molecule has 0 saturated carbocycles. The average Bonchev–Trinajstić information content (AvgIpc) is 2.99. The molecule has 2 aromatic rings. The molecule has 1 aromatic heterocycles. The first-order valence-corrected chi connectivity index (χ1v) is 10.2. The minimum Gasteiger partial charge on any atom is -0.452 e. The number of thiophene rings is 1. The second kappa shape index (κ2) is 8.75. The van der Waals surface area contributed by atoms with Crippen molar-refractivity contribution in [2.75, 3.05) is 17.2 Å². The van der Waals surface area contributed by atoms with E-state index in [1.807, 2.05) is 13.0 Å². The lowest BCUT2D eigenvalue weighted by Gasteiger charge is -2.13. The van der Waals surface area contributed by atoms with Crippen LogP contribution in [0.15, 0.2) is 18.2 Å². The molecule has 0 aliphatic heterocycles. The van der Waals surface area contributed by atoms with Crippen LogP contribution in [0, 0.1) is 6.92 Å². The van der Waals surface area contributed by atoms with Crippen molar-refractivity contribution >= 4 is 51.4 Å². The zero-order valence-electron chi connectivity index (χ0n) is 15.7. The first-order valence-electron chi connectivity index (χ1n) is 9.00. The van der Waals surface area contributed by atoms with Gasteiger partial charge >= 0.3 is 5.97 Å². The average molecular weight is 421 g/mol. The van der Waals surface area contributed by atoms with Crippen molar-refractivity contribution < 1.29 is 19.1 Å². The van der Waals surface area contributed by atoms with Gasteiger partial charge in [0.15, 0.2) is 6.61 Å². The summed E-state index contributed by atoms with van der Waals surface area (Å²) in [5.41, 5.74) is 2.73. The summed E-state index contributed by atoms with van der Waals surface area (Å²) in [5.74, 6) is -1.34. The van der Waals surface area contributed by atoms with Gasteiger partial charge in [0, 0.05) is 11.8 Å². The number of esters is 1. The van der Waals surface area contributed by atoms with Crippen molar-refractivity contribution in [3.05, 3.63) is 44.8 Å². The summed E-state index contributed by atoms with van der Waals surface area (Å²) in [6, 6.07) is 5.26. The number of amides is 2. The molecule has 0 saturated heterocycles. The summed E-state index contributed by atoms with van der Waals surface area (Å²) in [5, 5.41) is 6.25. The predicted octanol–water partition coefficient (Wildman–Crippen LogP) is 4.34. The summed E-state index contributed by atoms with van der Waals surface area (Å²) in [4.78, 5) is 37.4. The third kappa shape index (κ3) is 4.72. The standard InChI is InChI=1S/C20H21ClN2O4S/c1-11-7-8-15(14(21)9-11)23-17(25)10-27-20(26)18-13-5-3-4-6-16(13)28-19(18)22-12(2)24/h7-9H,3-6,10H2,1-2H3,(H,22,24)(H,23,25). The van der Waals surface area contributed by atoms with E-state index in [1.54, 1.807) is 12.1 Å². The van der Waals surface area contributed by atoms with Crippen molar-refractivity contribution in [1.29, 1.82) is 0 Å². The van der Waals surface area contributed by atoms with Crippen LogP contribution >= 0.6 is 22.9 Å². The molecule has 0 fully saturated rings. The number of ether oxygens (including phenoxy) is 1. The largest absolute Gasteiger partial charge is 0.452 e. The maximum absolute atomic E-state index is 12.7. The van der Waals surface area contributed by atoms with Crippen LogP contribution in [0.25, 0.3) is 0 Å². The Hall–Kier alpha value is -2.38. The van der Waals surface area contributed by atoms with E-state index < -0.39 is 18.5 Å². The maximum Gasteiger partial charge on any atom is 0.341 e. The van der Waals surface area contributed by atoms with Gasteiger partial charge in [0.25, 0.3) is 5.91 Å². The molecule has 2 N–H and O–H groups in total. The Balaban J connectivity index is 1.69. The summed E-state index contributed by atoms with van der Waals surface area (Å²) in [7, 11) is 0. The van der Waals surface area contributed by atoms with Crippen molar-refractivity contribution in [2.45, 2.75) is 39.5 Å².